The highest BCUT2D eigenvalue weighted by molar-refractivity contribution is 5.97. The smallest absolute Gasteiger partial charge is 0.299 e. The van der Waals surface area contributed by atoms with Gasteiger partial charge in [0.1, 0.15) is 0 Å². The third-order valence-corrected chi connectivity index (χ3v) is 1.78. The van der Waals surface area contributed by atoms with Crippen LogP contribution in [0.15, 0.2) is 16.6 Å². The van der Waals surface area contributed by atoms with E-state index in [0.717, 1.165) is 18.5 Å². The molecular formula is C9H13NO2. The summed E-state index contributed by atoms with van der Waals surface area (Å²) in [6.45, 7) is 5.27. The van der Waals surface area contributed by atoms with Crippen LogP contribution in [0.25, 0.3) is 0 Å². The number of nitrogens with zero attached hydrogens (tertiary/aromatic N) is 1. The van der Waals surface area contributed by atoms with Gasteiger partial charge < -0.3 is 4.74 Å². The SMILES string of the molecule is CC(C)C1=CCCN=C1OC=O. The van der Waals surface area contributed by atoms with Gasteiger partial charge in [-0.3, -0.25) is 9.79 Å². The molecule has 0 fully saturated rings. The van der Waals surface area contributed by atoms with E-state index in [-0.39, 0.29) is 0 Å². The van der Waals surface area contributed by atoms with Gasteiger partial charge in [-0.2, -0.15) is 0 Å². The summed E-state index contributed by atoms with van der Waals surface area (Å²) in [6.07, 6.45) is 3.02. The molecule has 0 N–H and O–H groups in total. The van der Waals surface area contributed by atoms with Crippen molar-refractivity contribution in [3.05, 3.63) is 11.6 Å². The van der Waals surface area contributed by atoms with E-state index in [1.807, 2.05) is 0 Å². The molecule has 66 valence electrons. The predicted molar refractivity (Wildman–Crippen MR) is 47.0 cm³/mol. The molecule has 1 aliphatic heterocycles. The van der Waals surface area contributed by atoms with Gasteiger partial charge in [-0.25, -0.2) is 0 Å². The minimum Gasteiger partial charge on any atom is -0.410 e. The summed E-state index contributed by atoms with van der Waals surface area (Å²) in [4.78, 5) is 14.2. The maximum atomic E-state index is 10.1. The largest absolute Gasteiger partial charge is 0.410 e. The van der Waals surface area contributed by atoms with Crippen LogP contribution >= 0.6 is 0 Å². The topological polar surface area (TPSA) is 38.7 Å². The Morgan fingerprint density at radius 1 is 1.67 bits per heavy atom. The second-order valence-corrected chi connectivity index (χ2v) is 3.00. The molecule has 0 saturated heterocycles. The summed E-state index contributed by atoms with van der Waals surface area (Å²) < 4.78 is 4.76. The number of carbonyl (C=O) groups excluding carboxylic acids is 1. The Morgan fingerprint density at radius 2 is 2.42 bits per heavy atom. The molecule has 0 atom stereocenters. The lowest BCUT2D eigenvalue weighted by Crippen LogP contribution is -2.15. The van der Waals surface area contributed by atoms with Gasteiger partial charge in [-0.1, -0.05) is 19.9 Å². The van der Waals surface area contributed by atoms with E-state index in [9.17, 15) is 4.79 Å². The summed E-state index contributed by atoms with van der Waals surface area (Å²) in [6, 6.07) is 0. The fourth-order valence-corrected chi connectivity index (χ4v) is 1.20. The van der Waals surface area contributed by atoms with Crippen LogP contribution in [-0.4, -0.2) is 18.9 Å². The maximum absolute atomic E-state index is 10.1. The van der Waals surface area contributed by atoms with Crippen molar-refractivity contribution >= 4 is 12.4 Å². The Bertz CT molecular complexity index is 229. The lowest BCUT2D eigenvalue weighted by atomic mass is 10.0. The minimum atomic E-state index is 0.365. The molecule has 0 amide bonds. The molecule has 0 aliphatic carbocycles. The molecule has 3 heteroatoms. The van der Waals surface area contributed by atoms with Crippen molar-refractivity contribution in [3.8, 4) is 0 Å². The Balaban J connectivity index is 2.75. The molecule has 0 aromatic heterocycles. The van der Waals surface area contributed by atoms with E-state index in [1.54, 1.807) is 0 Å². The predicted octanol–water partition coefficient (Wildman–Crippen LogP) is 1.54. The van der Waals surface area contributed by atoms with Crippen LogP contribution in [0.3, 0.4) is 0 Å². The highest BCUT2D eigenvalue weighted by atomic mass is 16.5. The number of hydrogen-bond donors (Lipinski definition) is 0. The van der Waals surface area contributed by atoms with E-state index in [4.69, 9.17) is 4.74 Å². The Labute approximate surface area is 72.1 Å². The van der Waals surface area contributed by atoms with Crippen molar-refractivity contribution in [1.29, 1.82) is 0 Å². The molecule has 1 rings (SSSR count). The van der Waals surface area contributed by atoms with Crippen molar-refractivity contribution in [2.75, 3.05) is 6.54 Å². The van der Waals surface area contributed by atoms with Gasteiger partial charge in [0.25, 0.3) is 6.47 Å². The van der Waals surface area contributed by atoms with Gasteiger partial charge in [0.15, 0.2) is 0 Å². The second kappa shape index (κ2) is 4.04. The zero-order valence-corrected chi connectivity index (χ0v) is 7.41. The normalized spacial score (nSPS) is 16.9. The highest BCUT2D eigenvalue weighted by Crippen LogP contribution is 2.16. The standard InChI is InChI=1S/C9H13NO2/c1-7(2)8-4-3-5-10-9(8)12-6-11/h4,6-7H,3,5H2,1-2H3. The van der Waals surface area contributed by atoms with Gasteiger partial charge in [-0.15, -0.1) is 0 Å². The molecule has 0 aromatic carbocycles. The van der Waals surface area contributed by atoms with Crippen LogP contribution < -0.4 is 0 Å². The van der Waals surface area contributed by atoms with E-state index in [1.165, 1.54) is 0 Å². The molecular weight excluding hydrogens is 154 g/mol. The third-order valence-electron chi connectivity index (χ3n) is 1.78. The Morgan fingerprint density at radius 3 is 3.00 bits per heavy atom. The highest BCUT2D eigenvalue weighted by Gasteiger charge is 2.14. The first kappa shape index (κ1) is 8.97. The first-order valence-corrected chi connectivity index (χ1v) is 4.11. The van der Waals surface area contributed by atoms with Crippen LogP contribution in [0, 0.1) is 5.92 Å². The lowest BCUT2D eigenvalue weighted by molar-refractivity contribution is -0.121. The maximum Gasteiger partial charge on any atom is 0.299 e. The van der Waals surface area contributed by atoms with Crippen LogP contribution in [0.1, 0.15) is 20.3 Å². The first-order valence-electron chi connectivity index (χ1n) is 4.11. The van der Waals surface area contributed by atoms with Gasteiger partial charge in [0, 0.05) is 12.1 Å². The van der Waals surface area contributed by atoms with E-state index in [0.29, 0.717) is 18.3 Å². The number of carbonyl (C=O) groups is 1. The number of hydrogen-bond acceptors (Lipinski definition) is 3. The molecule has 0 unspecified atom stereocenters. The van der Waals surface area contributed by atoms with Crippen molar-refractivity contribution in [2.24, 2.45) is 10.9 Å². The van der Waals surface area contributed by atoms with Crippen molar-refractivity contribution in [3.63, 3.8) is 0 Å². The average Bonchev–Trinajstić information content (AvgIpc) is 2.05. The summed E-state index contributed by atoms with van der Waals surface area (Å²) in [5.41, 5.74) is 1.04. The van der Waals surface area contributed by atoms with Gasteiger partial charge in [0.2, 0.25) is 5.90 Å². The molecule has 1 heterocycles. The van der Waals surface area contributed by atoms with Crippen molar-refractivity contribution in [2.45, 2.75) is 20.3 Å². The van der Waals surface area contributed by atoms with Crippen molar-refractivity contribution < 1.29 is 9.53 Å². The van der Waals surface area contributed by atoms with Crippen LogP contribution in [0.4, 0.5) is 0 Å². The summed E-state index contributed by atoms with van der Waals surface area (Å²) in [5.74, 6) is 0.857. The number of dihydropyridines is 1. The molecule has 0 spiro atoms. The zero-order valence-electron chi connectivity index (χ0n) is 7.41. The lowest BCUT2D eigenvalue weighted by Gasteiger charge is -2.15. The third kappa shape index (κ3) is 1.94. The second-order valence-electron chi connectivity index (χ2n) is 3.00. The van der Waals surface area contributed by atoms with E-state index >= 15 is 0 Å². The Hall–Kier alpha value is -1.12. The summed E-state index contributed by atoms with van der Waals surface area (Å²) in [5, 5.41) is 0. The first-order chi connectivity index (χ1) is 5.75. The molecule has 0 radical (unpaired) electrons. The monoisotopic (exact) mass is 167 g/mol. The fraction of sp³-hybridized carbons (Fsp3) is 0.556. The molecule has 1 aliphatic rings. The quantitative estimate of drug-likeness (QED) is 0.585. The van der Waals surface area contributed by atoms with Crippen LogP contribution in [0.5, 0.6) is 0 Å². The van der Waals surface area contributed by atoms with Gasteiger partial charge in [0.05, 0.1) is 0 Å². The zero-order chi connectivity index (χ0) is 8.97. The van der Waals surface area contributed by atoms with Crippen molar-refractivity contribution in [1.82, 2.24) is 0 Å². The molecule has 3 nitrogen and oxygen atoms in total. The van der Waals surface area contributed by atoms with Gasteiger partial charge >= 0.3 is 0 Å². The van der Waals surface area contributed by atoms with Gasteiger partial charge in [-0.05, 0) is 12.3 Å². The fourth-order valence-electron chi connectivity index (χ4n) is 1.20. The summed E-state index contributed by atoms with van der Waals surface area (Å²) >= 11 is 0. The van der Waals surface area contributed by atoms with Crippen LogP contribution in [0.2, 0.25) is 0 Å². The van der Waals surface area contributed by atoms with Crippen LogP contribution in [-0.2, 0) is 9.53 Å². The number of aliphatic imine (C=N–C) groups is 1. The average molecular weight is 167 g/mol. The molecule has 0 saturated carbocycles. The summed E-state index contributed by atoms with van der Waals surface area (Å²) in [7, 11) is 0. The van der Waals surface area contributed by atoms with E-state index < -0.39 is 0 Å². The number of ether oxygens (including phenoxy) is 1. The van der Waals surface area contributed by atoms with E-state index in [2.05, 4.69) is 24.9 Å². The molecule has 0 aromatic rings. The number of rotatable bonds is 2. The molecule has 12 heavy (non-hydrogen) atoms. The Kier molecular flexibility index (Phi) is 3.02. The minimum absolute atomic E-state index is 0.365. The molecule has 0 bridgehead atoms.